The maximum Gasteiger partial charge on any atom is 0.269 e. The zero-order valence-electron chi connectivity index (χ0n) is 14.8. The second-order valence-electron chi connectivity index (χ2n) is 6.80. The van der Waals surface area contributed by atoms with E-state index in [-0.39, 0.29) is 17.3 Å². The van der Waals surface area contributed by atoms with Crippen molar-refractivity contribution in [3.05, 3.63) is 80.9 Å². The van der Waals surface area contributed by atoms with Gasteiger partial charge < -0.3 is 0 Å². The van der Waals surface area contributed by atoms with Crippen molar-refractivity contribution in [1.82, 2.24) is 0 Å². The number of fused-ring (bicyclic) bond motifs is 2. The average Bonchev–Trinajstić information content (AvgIpc) is 2.93. The van der Waals surface area contributed by atoms with Crippen molar-refractivity contribution in [3.8, 4) is 0 Å². The number of nitrogens with zero attached hydrogens (tertiary/aromatic N) is 2. The molecule has 0 fully saturated rings. The molecule has 6 nitrogen and oxygen atoms in total. The zero-order chi connectivity index (χ0) is 19.3. The number of benzene rings is 2. The second kappa shape index (κ2) is 6.09. The lowest BCUT2D eigenvalue weighted by atomic mass is 9.73. The summed E-state index contributed by atoms with van der Waals surface area (Å²) in [7, 11) is 0. The molecule has 4 rings (SSSR count). The Kier molecular flexibility index (Phi) is 3.84. The van der Waals surface area contributed by atoms with Crippen LogP contribution in [0, 0.1) is 16.0 Å². The van der Waals surface area contributed by atoms with E-state index in [0.717, 1.165) is 5.56 Å². The van der Waals surface area contributed by atoms with Crippen molar-refractivity contribution in [3.63, 3.8) is 0 Å². The maximum absolute atomic E-state index is 13.1. The van der Waals surface area contributed by atoms with E-state index < -0.39 is 16.8 Å². The molecule has 0 saturated carbocycles. The van der Waals surface area contributed by atoms with E-state index in [9.17, 15) is 19.7 Å². The molecule has 2 aromatic rings. The molecule has 1 aliphatic heterocycles. The fourth-order valence-corrected chi connectivity index (χ4v) is 4.04. The fourth-order valence-electron chi connectivity index (χ4n) is 4.04. The number of hydrogen-bond acceptors (Lipinski definition) is 5. The van der Waals surface area contributed by atoms with Gasteiger partial charge in [0.15, 0.2) is 5.78 Å². The lowest BCUT2D eigenvalue weighted by molar-refractivity contribution is -0.384. The number of nitro benzene ring substituents is 1. The van der Waals surface area contributed by atoms with E-state index >= 15 is 0 Å². The number of ketones is 2. The molecule has 0 aromatic heterocycles. The number of Topliss-reactive ketones (excluding diaryl/α,β-unsaturated/α-hetero) is 2. The van der Waals surface area contributed by atoms with Crippen LogP contribution in [0.2, 0.25) is 0 Å². The SMILES string of the molecule is CC(=O)C1C(C)=NC2=C(C(=O)c3ccccc32)[C@@H]1c1ccc([N+](=O)[O-])cc1. The molecule has 0 saturated heterocycles. The van der Waals surface area contributed by atoms with Crippen LogP contribution in [0.15, 0.2) is 59.1 Å². The summed E-state index contributed by atoms with van der Waals surface area (Å²) in [5.74, 6) is -1.29. The van der Waals surface area contributed by atoms with Gasteiger partial charge in [-0.05, 0) is 19.4 Å². The number of nitro groups is 1. The van der Waals surface area contributed by atoms with Crippen molar-refractivity contribution in [2.45, 2.75) is 19.8 Å². The highest BCUT2D eigenvalue weighted by Gasteiger charge is 2.44. The molecule has 134 valence electrons. The zero-order valence-corrected chi connectivity index (χ0v) is 14.8. The summed E-state index contributed by atoms with van der Waals surface area (Å²) in [6.07, 6.45) is 0. The van der Waals surface area contributed by atoms with E-state index in [1.165, 1.54) is 19.1 Å². The van der Waals surface area contributed by atoms with Gasteiger partial charge in [-0.15, -0.1) is 0 Å². The third-order valence-corrected chi connectivity index (χ3v) is 5.21. The first-order chi connectivity index (χ1) is 12.9. The lowest BCUT2D eigenvalue weighted by Crippen LogP contribution is -2.32. The van der Waals surface area contributed by atoms with Crippen molar-refractivity contribution in [1.29, 1.82) is 0 Å². The molecule has 2 atom stereocenters. The topological polar surface area (TPSA) is 89.6 Å². The van der Waals surface area contributed by atoms with E-state index in [0.29, 0.717) is 28.1 Å². The molecule has 2 aromatic carbocycles. The Morgan fingerprint density at radius 1 is 1.07 bits per heavy atom. The normalized spacial score (nSPS) is 20.8. The highest BCUT2D eigenvalue weighted by atomic mass is 16.6. The summed E-state index contributed by atoms with van der Waals surface area (Å²) < 4.78 is 0. The molecular formula is C21H16N2O4. The predicted octanol–water partition coefficient (Wildman–Crippen LogP) is 3.97. The highest BCUT2D eigenvalue weighted by Crippen LogP contribution is 2.48. The molecule has 27 heavy (non-hydrogen) atoms. The van der Waals surface area contributed by atoms with E-state index in [1.54, 1.807) is 31.2 Å². The molecular weight excluding hydrogens is 344 g/mol. The Morgan fingerprint density at radius 2 is 1.70 bits per heavy atom. The van der Waals surface area contributed by atoms with Crippen molar-refractivity contribution in [2.75, 3.05) is 0 Å². The van der Waals surface area contributed by atoms with Gasteiger partial charge in [0, 0.05) is 40.5 Å². The molecule has 0 spiro atoms. The summed E-state index contributed by atoms with van der Waals surface area (Å²) in [5.41, 5.74) is 3.76. The van der Waals surface area contributed by atoms with E-state index in [2.05, 4.69) is 4.99 Å². The van der Waals surface area contributed by atoms with Crippen LogP contribution in [-0.4, -0.2) is 22.2 Å². The van der Waals surface area contributed by atoms with Gasteiger partial charge in [0.25, 0.3) is 5.69 Å². The second-order valence-corrected chi connectivity index (χ2v) is 6.80. The number of carbonyl (C=O) groups is 2. The third kappa shape index (κ3) is 2.52. The average molecular weight is 360 g/mol. The lowest BCUT2D eigenvalue weighted by Gasteiger charge is -2.30. The van der Waals surface area contributed by atoms with Crippen LogP contribution in [0.1, 0.15) is 41.3 Å². The van der Waals surface area contributed by atoms with Gasteiger partial charge in [0.1, 0.15) is 5.78 Å². The number of allylic oxidation sites excluding steroid dienone is 1. The number of rotatable bonds is 3. The fraction of sp³-hybridized carbons (Fsp3) is 0.190. The molecule has 1 unspecified atom stereocenters. The van der Waals surface area contributed by atoms with E-state index in [4.69, 9.17) is 0 Å². The molecule has 6 heteroatoms. The van der Waals surface area contributed by atoms with Crippen LogP contribution >= 0.6 is 0 Å². The standard InChI is InChI=1S/C21H16N2O4/c1-11-17(12(2)24)18(13-7-9-14(10-8-13)23(26)27)19-20(22-11)15-5-3-4-6-16(15)21(19)25/h3-10,17-18H,1-2H3/t17?,18-/m1/s1. The van der Waals surface area contributed by atoms with Crippen LogP contribution < -0.4 is 0 Å². The van der Waals surface area contributed by atoms with Gasteiger partial charge in [-0.25, -0.2) is 0 Å². The van der Waals surface area contributed by atoms with Crippen LogP contribution in [-0.2, 0) is 4.79 Å². The van der Waals surface area contributed by atoms with Gasteiger partial charge in [0.2, 0.25) is 0 Å². The van der Waals surface area contributed by atoms with Crippen LogP contribution in [0.5, 0.6) is 0 Å². The molecule has 0 radical (unpaired) electrons. The monoisotopic (exact) mass is 360 g/mol. The summed E-state index contributed by atoms with van der Waals surface area (Å²) in [6.45, 7) is 3.28. The molecule has 0 bridgehead atoms. The molecule has 2 aliphatic rings. The van der Waals surface area contributed by atoms with Gasteiger partial charge in [0.05, 0.1) is 16.5 Å². The first-order valence-corrected chi connectivity index (χ1v) is 8.58. The van der Waals surface area contributed by atoms with Gasteiger partial charge in [-0.2, -0.15) is 0 Å². The summed E-state index contributed by atoms with van der Waals surface area (Å²) in [4.78, 5) is 40.6. The minimum Gasteiger partial charge on any atom is -0.299 e. The third-order valence-electron chi connectivity index (χ3n) is 5.21. The Hall–Kier alpha value is -3.41. The quantitative estimate of drug-likeness (QED) is 0.612. The summed E-state index contributed by atoms with van der Waals surface area (Å²) >= 11 is 0. The first-order valence-electron chi connectivity index (χ1n) is 8.58. The predicted molar refractivity (Wildman–Crippen MR) is 101 cm³/mol. The molecule has 0 amide bonds. The van der Waals surface area contributed by atoms with Crippen LogP contribution in [0.4, 0.5) is 5.69 Å². The Morgan fingerprint density at radius 3 is 2.30 bits per heavy atom. The summed E-state index contributed by atoms with van der Waals surface area (Å²) in [5, 5.41) is 11.0. The number of carbonyl (C=O) groups excluding carboxylic acids is 2. The smallest absolute Gasteiger partial charge is 0.269 e. The van der Waals surface area contributed by atoms with Gasteiger partial charge >= 0.3 is 0 Å². The largest absolute Gasteiger partial charge is 0.299 e. The summed E-state index contributed by atoms with van der Waals surface area (Å²) in [6, 6.07) is 13.3. The Labute approximate surface area is 155 Å². The number of aliphatic imine (C=N–C) groups is 1. The Balaban J connectivity index is 1.92. The minimum absolute atomic E-state index is 0.0328. The van der Waals surface area contributed by atoms with Gasteiger partial charge in [-0.1, -0.05) is 36.4 Å². The highest BCUT2D eigenvalue weighted by molar-refractivity contribution is 6.25. The van der Waals surface area contributed by atoms with Crippen molar-refractivity contribution in [2.24, 2.45) is 10.9 Å². The molecule has 1 aliphatic carbocycles. The first kappa shape index (κ1) is 17.0. The maximum atomic E-state index is 13.1. The van der Waals surface area contributed by atoms with Crippen LogP contribution in [0.25, 0.3) is 5.70 Å². The van der Waals surface area contributed by atoms with Crippen molar-refractivity contribution >= 4 is 28.7 Å². The number of hydrogen-bond donors (Lipinski definition) is 0. The van der Waals surface area contributed by atoms with E-state index in [1.807, 2.05) is 12.1 Å². The minimum atomic E-state index is -0.566. The van der Waals surface area contributed by atoms with Crippen LogP contribution in [0.3, 0.4) is 0 Å². The molecule has 1 heterocycles. The van der Waals surface area contributed by atoms with Crippen molar-refractivity contribution < 1.29 is 14.5 Å². The number of non-ortho nitro benzene ring substituents is 1. The Bertz CT molecular complexity index is 1060. The molecule has 0 N–H and O–H groups in total. The van der Waals surface area contributed by atoms with Gasteiger partial charge in [-0.3, -0.25) is 24.7 Å².